The lowest BCUT2D eigenvalue weighted by atomic mass is 9.50. The molecule has 2 saturated carbocycles. The summed E-state index contributed by atoms with van der Waals surface area (Å²) >= 11 is 0. The molecule has 2 fully saturated rings. The van der Waals surface area contributed by atoms with Gasteiger partial charge in [0.1, 0.15) is 19.8 Å². The van der Waals surface area contributed by atoms with E-state index in [-0.39, 0.29) is 50.5 Å². The zero-order valence-corrected chi connectivity index (χ0v) is 34.0. The van der Waals surface area contributed by atoms with Gasteiger partial charge in [0, 0.05) is 38.5 Å². The van der Waals surface area contributed by atoms with Crippen LogP contribution in [-0.4, -0.2) is 80.5 Å². The lowest BCUT2D eigenvalue weighted by Crippen LogP contribution is -2.55. The van der Waals surface area contributed by atoms with Crippen LogP contribution in [0.25, 0.3) is 0 Å². The molecule has 0 amide bonds. The van der Waals surface area contributed by atoms with Crippen molar-refractivity contribution in [3.05, 3.63) is 24.3 Å². The van der Waals surface area contributed by atoms with Crippen LogP contribution in [-0.2, 0) is 47.7 Å². The molecule has 0 atom stereocenters. The first-order valence-electron chi connectivity index (χ1n) is 20.9. The number of halogens is 2. The number of carbonyl (C=O) groups is 5. The van der Waals surface area contributed by atoms with Crippen LogP contribution in [0.1, 0.15) is 155 Å². The highest BCUT2D eigenvalue weighted by atomic mass is 19.3. The van der Waals surface area contributed by atoms with Gasteiger partial charge in [0.2, 0.25) is 5.92 Å². The summed E-state index contributed by atoms with van der Waals surface area (Å²) < 4.78 is 53.7. The molecule has 0 aromatic carbocycles. The van der Waals surface area contributed by atoms with Crippen LogP contribution < -0.4 is 0 Å². The Morgan fingerprint density at radius 3 is 1.38 bits per heavy atom. The SMILES string of the molecule is CCCCC/C=C\CCOC(=O)CCCCC(=O)OCC(CO)(COC(=O)CCCCC(=O)OCC/C=C\CCCCC)COC(=O)C1CC2(C1)CC(F)(F)C2. The molecule has 0 heterocycles. The van der Waals surface area contributed by atoms with E-state index >= 15 is 0 Å². The zero-order chi connectivity index (χ0) is 41.1. The maximum Gasteiger partial charge on any atom is 0.308 e. The van der Waals surface area contributed by atoms with Crippen LogP contribution in [0.2, 0.25) is 0 Å². The molecule has 1 N–H and O–H groups in total. The summed E-state index contributed by atoms with van der Waals surface area (Å²) in [6.07, 6.45) is 20.4. The van der Waals surface area contributed by atoms with Crippen molar-refractivity contribution < 1.29 is 61.5 Å². The fraction of sp³-hybridized carbons (Fsp3) is 0.791. The molecular weight excluding hydrogens is 730 g/mol. The quantitative estimate of drug-likeness (QED) is 0.0301. The molecule has 0 radical (unpaired) electrons. The number of rotatable bonds is 32. The summed E-state index contributed by atoms with van der Waals surface area (Å²) in [5, 5.41) is 10.4. The molecule has 2 aliphatic carbocycles. The average molecular weight is 799 g/mol. The molecule has 0 aromatic heterocycles. The Kier molecular flexibility index (Phi) is 23.8. The highest BCUT2D eigenvalue weighted by Crippen LogP contribution is 2.64. The van der Waals surface area contributed by atoms with Crippen molar-refractivity contribution >= 4 is 29.8 Å². The van der Waals surface area contributed by atoms with Gasteiger partial charge in [-0.05, 0) is 82.5 Å². The van der Waals surface area contributed by atoms with Gasteiger partial charge in [0.25, 0.3) is 0 Å². The van der Waals surface area contributed by atoms with E-state index in [1.54, 1.807) is 0 Å². The van der Waals surface area contributed by atoms with E-state index in [2.05, 4.69) is 26.0 Å². The Morgan fingerprint density at radius 1 is 0.589 bits per heavy atom. The van der Waals surface area contributed by atoms with Crippen molar-refractivity contribution in [1.82, 2.24) is 0 Å². The van der Waals surface area contributed by atoms with Gasteiger partial charge in [-0.2, -0.15) is 0 Å². The molecule has 0 aliphatic heterocycles. The Balaban J connectivity index is 1.75. The third kappa shape index (κ3) is 20.7. The van der Waals surface area contributed by atoms with Crippen LogP contribution in [0.4, 0.5) is 8.78 Å². The molecule has 0 unspecified atom stereocenters. The minimum Gasteiger partial charge on any atom is -0.465 e. The number of aliphatic hydroxyl groups is 1. The highest BCUT2D eigenvalue weighted by molar-refractivity contribution is 5.74. The molecule has 0 saturated heterocycles. The summed E-state index contributed by atoms with van der Waals surface area (Å²) in [6, 6.07) is 0. The molecule has 0 aromatic rings. The van der Waals surface area contributed by atoms with Gasteiger partial charge in [-0.3, -0.25) is 24.0 Å². The molecule has 56 heavy (non-hydrogen) atoms. The number of ether oxygens (including phenoxy) is 5. The highest BCUT2D eigenvalue weighted by Gasteiger charge is 2.63. The van der Waals surface area contributed by atoms with Crippen molar-refractivity contribution in [3.63, 3.8) is 0 Å². The Labute approximate surface area is 332 Å². The second kappa shape index (κ2) is 27.3. The average Bonchev–Trinajstić information content (AvgIpc) is 3.14. The number of aliphatic hydroxyl groups excluding tert-OH is 1. The number of alkyl halides is 2. The Morgan fingerprint density at radius 2 is 0.982 bits per heavy atom. The van der Waals surface area contributed by atoms with E-state index < -0.39 is 67.0 Å². The first-order valence-corrected chi connectivity index (χ1v) is 20.9. The van der Waals surface area contributed by atoms with Crippen molar-refractivity contribution in [2.24, 2.45) is 16.7 Å². The topological polar surface area (TPSA) is 152 Å². The zero-order valence-electron chi connectivity index (χ0n) is 34.0. The lowest BCUT2D eigenvalue weighted by Gasteiger charge is -2.56. The fourth-order valence-electron chi connectivity index (χ4n) is 6.90. The minimum atomic E-state index is -2.70. The largest absolute Gasteiger partial charge is 0.465 e. The van der Waals surface area contributed by atoms with Gasteiger partial charge < -0.3 is 28.8 Å². The van der Waals surface area contributed by atoms with Gasteiger partial charge in [-0.25, -0.2) is 8.78 Å². The lowest BCUT2D eigenvalue weighted by molar-refractivity contribution is -0.216. The molecular formula is C43H68F2O11. The maximum absolute atomic E-state index is 13.4. The summed E-state index contributed by atoms with van der Waals surface area (Å²) in [5.41, 5.74) is -2.00. The molecule has 320 valence electrons. The second-order valence-corrected chi connectivity index (χ2v) is 15.8. The number of carbonyl (C=O) groups excluding carboxylic acids is 5. The first kappa shape index (κ1) is 48.8. The van der Waals surface area contributed by atoms with Crippen LogP contribution in [0, 0.1) is 16.7 Å². The van der Waals surface area contributed by atoms with E-state index in [0.717, 1.165) is 25.7 Å². The van der Waals surface area contributed by atoms with Gasteiger partial charge in [-0.1, -0.05) is 63.8 Å². The van der Waals surface area contributed by atoms with E-state index in [0.29, 0.717) is 64.6 Å². The smallest absolute Gasteiger partial charge is 0.308 e. The molecule has 1 spiro atoms. The predicted octanol–water partition coefficient (Wildman–Crippen LogP) is 8.68. The van der Waals surface area contributed by atoms with E-state index in [1.807, 2.05) is 12.2 Å². The first-order chi connectivity index (χ1) is 26.9. The van der Waals surface area contributed by atoms with Crippen LogP contribution in [0.5, 0.6) is 0 Å². The summed E-state index contributed by atoms with van der Waals surface area (Å²) in [5.74, 6) is -5.76. The summed E-state index contributed by atoms with van der Waals surface area (Å²) in [7, 11) is 0. The normalized spacial score (nSPS) is 16.0. The molecule has 2 rings (SSSR count). The third-order valence-electron chi connectivity index (χ3n) is 10.3. The predicted molar refractivity (Wildman–Crippen MR) is 206 cm³/mol. The van der Waals surface area contributed by atoms with E-state index in [4.69, 9.17) is 23.7 Å². The van der Waals surface area contributed by atoms with Gasteiger partial charge in [0.05, 0.1) is 31.2 Å². The molecule has 0 bridgehead atoms. The van der Waals surface area contributed by atoms with Crippen LogP contribution in [0.15, 0.2) is 24.3 Å². The van der Waals surface area contributed by atoms with Crippen LogP contribution in [0.3, 0.4) is 0 Å². The maximum atomic E-state index is 13.4. The van der Waals surface area contributed by atoms with Crippen molar-refractivity contribution in [3.8, 4) is 0 Å². The van der Waals surface area contributed by atoms with Gasteiger partial charge in [0.15, 0.2) is 0 Å². The third-order valence-corrected chi connectivity index (χ3v) is 10.3. The van der Waals surface area contributed by atoms with E-state index in [9.17, 15) is 37.9 Å². The van der Waals surface area contributed by atoms with E-state index in [1.165, 1.54) is 25.7 Å². The monoisotopic (exact) mass is 798 g/mol. The Hall–Kier alpha value is -3.35. The van der Waals surface area contributed by atoms with Crippen LogP contribution >= 0.6 is 0 Å². The number of hydrogen-bond donors (Lipinski definition) is 1. The summed E-state index contributed by atoms with van der Waals surface area (Å²) in [6.45, 7) is 2.98. The standard InChI is InChI=1S/C43H68F2O11/c1-3-5-7-9-11-13-19-25-52-36(47)21-15-17-23-38(49)54-32-42(31-46,34-56-40(51)35-27-41(28-35)29-43(44,45)30-41)33-55-39(50)24-18-16-22-37(48)53-26-20-14-12-10-8-6-4-2/h11-14,35,46H,3-10,15-34H2,1-2H3/b13-11-,14-12-. The fourth-order valence-corrected chi connectivity index (χ4v) is 6.90. The number of esters is 5. The second-order valence-electron chi connectivity index (χ2n) is 15.8. The molecule has 13 heteroatoms. The van der Waals surface area contributed by atoms with Crippen molar-refractivity contribution in [2.45, 2.75) is 161 Å². The number of hydrogen-bond acceptors (Lipinski definition) is 11. The minimum absolute atomic E-state index is 0.0121. The molecule has 2 aliphatic rings. The van der Waals surface area contributed by atoms with Gasteiger partial charge >= 0.3 is 29.8 Å². The number of allylic oxidation sites excluding steroid dienone is 2. The van der Waals surface area contributed by atoms with Gasteiger partial charge in [-0.15, -0.1) is 0 Å². The van der Waals surface area contributed by atoms with Crippen molar-refractivity contribution in [1.29, 1.82) is 0 Å². The summed E-state index contributed by atoms with van der Waals surface area (Å²) in [4.78, 5) is 62.1. The Bertz CT molecular complexity index is 1170. The number of unbranched alkanes of at least 4 members (excludes halogenated alkanes) is 8. The van der Waals surface area contributed by atoms with Crippen molar-refractivity contribution in [2.75, 3.05) is 39.6 Å². The molecule has 11 nitrogen and oxygen atoms in total.